The van der Waals surface area contributed by atoms with Gasteiger partial charge in [0.2, 0.25) is 0 Å². The summed E-state index contributed by atoms with van der Waals surface area (Å²) in [5, 5.41) is 0. The van der Waals surface area contributed by atoms with E-state index in [9.17, 15) is 4.39 Å². The number of halogens is 1. The van der Waals surface area contributed by atoms with Gasteiger partial charge in [-0.3, -0.25) is 4.90 Å². The number of allylic oxidation sites excluding steroid dienone is 1. The van der Waals surface area contributed by atoms with E-state index in [0.29, 0.717) is 6.04 Å². The number of methoxy groups -OCH3 is 1. The van der Waals surface area contributed by atoms with Crippen LogP contribution in [-0.2, 0) is 10.2 Å². The minimum atomic E-state index is -0.165. The zero-order valence-electron chi connectivity index (χ0n) is 18.9. The van der Waals surface area contributed by atoms with Gasteiger partial charge in [0.25, 0.3) is 0 Å². The van der Waals surface area contributed by atoms with E-state index in [1.54, 1.807) is 19.2 Å². The third-order valence-corrected chi connectivity index (χ3v) is 4.84. The van der Waals surface area contributed by atoms with Gasteiger partial charge in [0.1, 0.15) is 5.82 Å². The molecule has 0 fully saturated rings. The van der Waals surface area contributed by atoms with Gasteiger partial charge in [-0.2, -0.15) is 0 Å². The molecule has 156 valence electrons. The monoisotopic (exact) mass is 379 g/mol. The molecule has 0 aliphatic carbocycles. The van der Waals surface area contributed by atoms with Crippen LogP contribution >= 0.6 is 0 Å². The molecule has 0 bridgehead atoms. The van der Waals surface area contributed by atoms with Gasteiger partial charge in [-0.05, 0) is 70.3 Å². The van der Waals surface area contributed by atoms with Crippen LogP contribution in [-0.4, -0.2) is 38.3 Å². The SMILES string of the molecule is CCCCCN(C)C(C=C(C)C)CC(C)(C)c1ccc(F)cc1.CCOC. The maximum Gasteiger partial charge on any atom is 0.123 e. The molecule has 0 spiro atoms. The largest absolute Gasteiger partial charge is 0.385 e. The van der Waals surface area contributed by atoms with E-state index in [2.05, 4.69) is 57.4 Å². The molecule has 0 heterocycles. The maximum absolute atomic E-state index is 13.2. The molecule has 2 nitrogen and oxygen atoms in total. The van der Waals surface area contributed by atoms with Crippen LogP contribution in [0, 0.1) is 5.82 Å². The average Bonchev–Trinajstić information content (AvgIpc) is 2.61. The summed E-state index contributed by atoms with van der Waals surface area (Å²) in [7, 11) is 3.90. The first-order valence-electron chi connectivity index (χ1n) is 10.3. The van der Waals surface area contributed by atoms with Crippen LogP contribution < -0.4 is 0 Å². The Bertz CT molecular complexity index is 516. The Kier molecular flexibility index (Phi) is 13.3. The van der Waals surface area contributed by atoms with E-state index in [1.165, 1.54) is 30.4 Å². The van der Waals surface area contributed by atoms with Crippen molar-refractivity contribution < 1.29 is 9.13 Å². The van der Waals surface area contributed by atoms with Gasteiger partial charge in [0.05, 0.1) is 0 Å². The summed E-state index contributed by atoms with van der Waals surface area (Å²) in [4.78, 5) is 2.47. The normalized spacial score (nSPS) is 12.4. The van der Waals surface area contributed by atoms with E-state index in [1.807, 2.05) is 19.1 Å². The lowest BCUT2D eigenvalue weighted by Crippen LogP contribution is -2.36. The van der Waals surface area contributed by atoms with Crippen molar-refractivity contribution in [2.75, 3.05) is 27.3 Å². The molecule has 0 radical (unpaired) electrons. The lowest BCUT2D eigenvalue weighted by molar-refractivity contribution is 0.215. The molecule has 0 aromatic heterocycles. The summed E-state index contributed by atoms with van der Waals surface area (Å²) >= 11 is 0. The van der Waals surface area contributed by atoms with Crippen LogP contribution in [0.15, 0.2) is 35.9 Å². The second-order valence-corrected chi connectivity index (χ2v) is 8.17. The fraction of sp³-hybridized carbons (Fsp3) is 0.667. The van der Waals surface area contributed by atoms with Gasteiger partial charge in [-0.1, -0.05) is 57.4 Å². The first kappa shape index (κ1) is 25.8. The van der Waals surface area contributed by atoms with Crippen molar-refractivity contribution in [2.45, 2.75) is 78.7 Å². The third kappa shape index (κ3) is 11.3. The van der Waals surface area contributed by atoms with Crippen molar-refractivity contribution in [1.82, 2.24) is 4.90 Å². The van der Waals surface area contributed by atoms with E-state index in [-0.39, 0.29) is 11.2 Å². The van der Waals surface area contributed by atoms with E-state index in [4.69, 9.17) is 0 Å². The first-order valence-corrected chi connectivity index (χ1v) is 10.3. The van der Waals surface area contributed by atoms with Crippen molar-refractivity contribution in [3.63, 3.8) is 0 Å². The summed E-state index contributed by atoms with van der Waals surface area (Å²) < 4.78 is 17.7. The molecule has 3 heteroatoms. The minimum absolute atomic E-state index is 0.0172. The highest BCUT2D eigenvalue weighted by Gasteiger charge is 2.26. The lowest BCUT2D eigenvalue weighted by Gasteiger charge is -2.34. The van der Waals surface area contributed by atoms with Gasteiger partial charge >= 0.3 is 0 Å². The number of hydrogen-bond acceptors (Lipinski definition) is 2. The first-order chi connectivity index (χ1) is 12.7. The van der Waals surface area contributed by atoms with Crippen LogP contribution in [0.4, 0.5) is 4.39 Å². The number of nitrogens with zero attached hydrogens (tertiary/aromatic N) is 1. The second-order valence-electron chi connectivity index (χ2n) is 8.17. The third-order valence-electron chi connectivity index (χ3n) is 4.84. The molecule has 0 saturated carbocycles. The number of hydrogen-bond donors (Lipinski definition) is 0. The zero-order chi connectivity index (χ0) is 20.9. The molecule has 1 aromatic carbocycles. The van der Waals surface area contributed by atoms with Gasteiger partial charge in [0, 0.05) is 19.8 Å². The molecule has 0 amide bonds. The average molecular weight is 380 g/mol. The number of benzene rings is 1. The Morgan fingerprint density at radius 2 is 1.70 bits per heavy atom. The number of likely N-dealkylation sites (N-methyl/N-ethyl adjacent to an activating group) is 1. The predicted octanol–water partition coefficient (Wildman–Crippen LogP) is 6.60. The van der Waals surface area contributed by atoms with Crippen LogP contribution in [0.2, 0.25) is 0 Å². The Morgan fingerprint density at radius 1 is 1.15 bits per heavy atom. The molecule has 1 aromatic rings. The highest BCUT2D eigenvalue weighted by molar-refractivity contribution is 5.25. The van der Waals surface area contributed by atoms with Gasteiger partial charge in [-0.25, -0.2) is 4.39 Å². The topological polar surface area (TPSA) is 12.5 Å². The van der Waals surface area contributed by atoms with Crippen molar-refractivity contribution in [1.29, 1.82) is 0 Å². The highest BCUT2D eigenvalue weighted by atomic mass is 19.1. The lowest BCUT2D eigenvalue weighted by atomic mass is 9.78. The quantitative estimate of drug-likeness (QED) is 0.335. The van der Waals surface area contributed by atoms with Crippen LogP contribution in [0.3, 0.4) is 0 Å². The Morgan fingerprint density at radius 3 is 2.15 bits per heavy atom. The second kappa shape index (κ2) is 13.9. The molecule has 0 N–H and O–H groups in total. The standard InChI is InChI=1S/C21H34FN.C3H8O/c1-7-8-9-14-23(6)20(15-17(2)3)16-21(4,5)18-10-12-19(22)13-11-18;1-3-4-2/h10-13,15,20H,7-9,14,16H2,1-6H3;3H2,1-2H3. The maximum atomic E-state index is 13.2. The molecule has 27 heavy (non-hydrogen) atoms. The Hall–Kier alpha value is -1.19. The fourth-order valence-electron chi connectivity index (χ4n) is 3.05. The molecule has 0 saturated heterocycles. The summed E-state index contributed by atoms with van der Waals surface area (Å²) in [6.45, 7) is 15.0. The summed E-state index contributed by atoms with van der Waals surface area (Å²) in [6, 6.07) is 7.39. The summed E-state index contributed by atoms with van der Waals surface area (Å²) in [5.74, 6) is -0.165. The molecule has 1 rings (SSSR count). The molecule has 0 aliphatic heterocycles. The van der Waals surface area contributed by atoms with Gasteiger partial charge in [0.15, 0.2) is 0 Å². The molecule has 1 atom stereocenters. The van der Waals surface area contributed by atoms with Crippen molar-refractivity contribution >= 4 is 0 Å². The van der Waals surface area contributed by atoms with Gasteiger partial charge < -0.3 is 4.74 Å². The summed E-state index contributed by atoms with van der Waals surface area (Å²) in [5.41, 5.74) is 2.57. The van der Waals surface area contributed by atoms with Crippen molar-refractivity contribution in [2.24, 2.45) is 0 Å². The van der Waals surface area contributed by atoms with Crippen molar-refractivity contribution in [3.8, 4) is 0 Å². The minimum Gasteiger partial charge on any atom is -0.385 e. The Labute approximate surface area is 167 Å². The van der Waals surface area contributed by atoms with E-state index in [0.717, 1.165) is 19.6 Å². The highest BCUT2D eigenvalue weighted by Crippen LogP contribution is 2.30. The predicted molar refractivity (Wildman–Crippen MR) is 117 cm³/mol. The smallest absolute Gasteiger partial charge is 0.123 e. The van der Waals surface area contributed by atoms with Crippen LogP contribution in [0.25, 0.3) is 0 Å². The molecule has 0 aliphatic rings. The molecular formula is C24H42FNO. The van der Waals surface area contributed by atoms with E-state index >= 15 is 0 Å². The molecule has 1 unspecified atom stereocenters. The van der Waals surface area contributed by atoms with Crippen molar-refractivity contribution in [3.05, 3.63) is 47.3 Å². The van der Waals surface area contributed by atoms with Crippen LogP contribution in [0.5, 0.6) is 0 Å². The summed E-state index contributed by atoms with van der Waals surface area (Å²) in [6.07, 6.45) is 7.19. The molecular weight excluding hydrogens is 337 g/mol. The fourth-order valence-corrected chi connectivity index (χ4v) is 3.05. The Balaban J connectivity index is 0.00000153. The number of unbranched alkanes of at least 4 members (excludes halogenated alkanes) is 2. The number of rotatable bonds is 10. The number of ether oxygens (including phenoxy) is 1. The van der Waals surface area contributed by atoms with E-state index < -0.39 is 0 Å². The van der Waals surface area contributed by atoms with Gasteiger partial charge in [-0.15, -0.1) is 0 Å². The zero-order valence-corrected chi connectivity index (χ0v) is 18.9. The van der Waals surface area contributed by atoms with Crippen LogP contribution in [0.1, 0.15) is 72.8 Å².